The Bertz CT molecular complexity index is 740. The molecule has 0 amide bonds. The number of nitrogen functional groups attached to an aromatic ring is 1. The molecule has 2 aromatic heterocycles. The van der Waals surface area contributed by atoms with Crippen molar-refractivity contribution in [3.63, 3.8) is 0 Å². The second-order valence-corrected chi connectivity index (χ2v) is 4.58. The lowest BCUT2D eigenvalue weighted by atomic mass is 10.3. The summed E-state index contributed by atoms with van der Waals surface area (Å²) in [6.45, 7) is 0. The maximum Gasteiger partial charge on any atom is 0.146 e. The van der Waals surface area contributed by atoms with Crippen molar-refractivity contribution >= 4 is 28.5 Å². The molecule has 0 spiro atoms. The van der Waals surface area contributed by atoms with Crippen LogP contribution in [0.5, 0.6) is 0 Å². The van der Waals surface area contributed by atoms with E-state index in [4.69, 9.17) is 17.3 Å². The first-order valence-corrected chi connectivity index (χ1v) is 5.86. The minimum absolute atomic E-state index is 0.588. The molecule has 0 bridgehead atoms. The number of rotatable bonds is 1. The molecular weight excluding hydrogens is 250 g/mol. The molecule has 0 fully saturated rings. The highest BCUT2D eigenvalue weighted by molar-refractivity contribution is 6.35. The molecule has 0 aliphatic rings. The largest absolute Gasteiger partial charge is 0.383 e. The Morgan fingerprint density at radius 1 is 1.28 bits per heavy atom. The third-order valence-electron chi connectivity index (χ3n) is 3.07. The molecule has 0 unspecified atom stereocenters. The quantitative estimate of drug-likeness (QED) is 0.731. The van der Waals surface area contributed by atoms with E-state index in [1.54, 1.807) is 17.9 Å². The molecule has 3 rings (SSSR count). The number of hydrogen-bond donors (Lipinski definition) is 1. The molecule has 5 nitrogen and oxygen atoms in total. The molecule has 18 heavy (non-hydrogen) atoms. The van der Waals surface area contributed by atoms with Crippen LogP contribution in [0.1, 0.15) is 0 Å². The summed E-state index contributed by atoms with van der Waals surface area (Å²) in [6, 6.07) is 5.66. The third kappa shape index (κ3) is 1.41. The first-order valence-electron chi connectivity index (χ1n) is 5.48. The monoisotopic (exact) mass is 261 g/mol. The summed E-state index contributed by atoms with van der Waals surface area (Å²) < 4.78 is 3.56. The number of aryl methyl sites for hydroxylation is 2. The molecule has 3 aromatic rings. The third-order valence-corrected chi connectivity index (χ3v) is 3.38. The van der Waals surface area contributed by atoms with Crippen molar-refractivity contribution in [2.45, 2.75) is 0 Å². The van der Waals surface area contributed by atoms with Gasteiger partial charge in [-0.1, -0.05) is 17.7 Å². The van der Waals surface area contributed by atoms with Gasteiger partial charge in [-0.25, -0.2) is 4.98 Å². The summed E-state index contributed by atoms with van der Waals surface area (Å²) >= 11 is 6.20. The van der Waals surface area contributed by atoms with Crippen molar-refractivity contribution in [3.05, 3.63) is 29.4 Å². The molecule has 1 aromatic carbocycles. The lowest BCUT2D eigenvalue weighted by molar-refractivity contribution is 0.779. The maximum atomic E-state index is 6.20. The highest BCUT2D eigenvalue weighted by atomic mass is 35.5. The average molecular weight is 262 g/mol. The predicted octanol–water partition coefficient (Wildman–Crippen LogP) is 2.21. The Labute approximate surface area is 109 Å². The predicted molar refractivity (Wildman–Crippen MR) is 72.3 cm³/mol. The van der Waals surface area contributed by atoms with E-state index in [2.05, 4.69) is 10.1 Å². The van der Waals surface area contributed by atoms with Gasteiger partial charge in [-0.05, 0) is 12.1 Å². The Morgan fingerprint density at radius 2 is 2.06 bits per heavy atom. The second kappa shape index (κ2) is 3.74. The van der Waals surface area contributed by atoms with Gasteiger partial charge in [0.05, 0.1) is 27.8 Å². The maximum absolute atomic E-state index is 6.20. The van der Waals surface area contributed by atoms with Crippen LogP contribution in [0.2, 0.25) is 5.02 Å². The molecule has 0 saturated carbocycles. The summed E-state index contributed by atoms with van der Waals surface area (Å²) in [5.74, 6) is 1.35. The molecular formula is C12H12ClN5. The van der Waals surface area contributed by atoms with Gasteiger partial charge in [0.2, 0.25) is 0 Å². The summed E-state index contributed by atoms with van der Waals surface area (Å²) in [7, 11) is 3.72. The van der Waals surface area contributed by atoms with Crippen LogP contribution in [0, 0.1) is 0 Å². The Hall–Kier alpha value is -2.01. The highest BCUT2D eigenvalue weighted by Gasteiger charge is 2.16. The van der Waals surface area contributed by atoms with Crippen LogP contribution in [0.15, 0.2) is 24.4 Å². The number of aromatic nitrogens is 4. The standard InChI is InChI=1S/C12H12ClN5/c1-17-10-8(13)4-3-5-9(10)16-12(17)7-6-15-18(2)11(7)14/h3-6H,14H2,1-2H3. The molecule has 0 aliphatic heterocycles. The second-order valence-electron chi connectivity index (χ2n) is 4.17. The summed E-state index contributed by atoms with van der Waals surface area (Å²) in [6.07, 6.45) is 1.71. The number of halogens is 1. The van der Waals surface area contributed by atoms with Gasteiger partial charge in [0.1, 0.15) is 11.6 Å². The van der Waals surface area contributed by atoms with Crippen LogP contribution in [0.3, 0.4) is 0 Å². The van der Waals surface area contributed by atoms with Gasteiger partial charge in [0, 0.05) is 14.1 Å². The molecule has 2 N–H and O–H groups in total. The number of imidazole rings is 1. The molecule has 0 aliphatic carbocycles. The Kier molecular flexibility index (Phi) is 2.31. The van der Waals surface area contributed by atoms with Gasteiger partial charge in [0.25, 0.3) is 0 Å². The van der Waals surface area contributed by atoms with E-state index in [-0.39, 0.29) is 0 Å². The summed E-state index contributed by atoms with van der Waals surface area (Å²) in [5.41, 5.74) is 8.54. The van der Waals surface area contributed by atoms with Gasteiger partial charge < -0.3 is 10.3 Å². The van der Waals surface area contributed by atoms with E-state index in [0.29, 0.717) is 10.8 Å². The molecule has 6 heteroatoms. The van der Waals surface area contributed by atoms with Crippen LogP contribution >= 0.6 is 11.6 Å². The van der Waals surface area contributed by atoms with Crippen LogP contribution in [0.4, 0.5) is 5.82 Å². The van der Waals surface area contributed by atoms with Crippen molar-refractivity contribution in [3.8, 4) is 11.4 Å². The van der Waals surface area contributed by atoms with Gasteiger partial charge >= 0.3 is 0 Å². The van der Waals surface area contributed by atoms with E-state index >= 15 is 0 Å². The Balaban J connectivity index is 2.34. The van der Waals surface area contributed by atoms with Crippen molar-refractivity contribution in [1.82, 2.24) is 19.3 Å². The van der Waals surface area contributed by atoms with Crippen molar-refractivity contribution < 1.29 is 0 Å². The lowest BCUT2D eigenvalue weighted by Gasteiger charge is -2.02. The SMILES string of the molecule is Cn1ncc(-c2nc3cccc(Cl)c3n2C)c1N. The molecule has 0 saturated heterocycles. The van der Waals surface area contributed by atoms with Crippen LogP contribution in [-0.4, -0.2) is 19.3 Å². The highest BCUT2D eigenvalue weighted by Crippen LogP contribution is 2.30. The van der Waals surface area contributed by atoms with Crippen molar-refractivity contribution in [1.29, 1.82) is 0 Å². The number of fused-ring (bicyclic) bond motifs is 1. The zero-order valence-electron chi connectivity index (χ0n) is 10.1. The number of nitrogens with two attached hydrogens (primary N) is 1. The number of anilines is 1. The summed E-state index contributed by atoms with van der Waals surface area (Å²) in [5, 5.41) is 4.81. The lowest BCUT2D eigenvalue weighted by Crippen LogP contribution is -2.00. The number of hydrogen-bond acceptors (Lipinski definition) is 3. The van der Waals surface area contributed by atoms with Crippen molar-refractivity contribution in [2.24, 2.45) is 14.1 Å². The Morgan fingerprint density at radius 3 is 2.67 bits per heavy atom. The number of para-hydroxylation sites is 1. The fourth-order valence-corrected chi connectivity index (χ4v) is 2.38. The minimum Gasteiger partial charge on any atom is -0.383 e. The fraction of sp³-hybridized carbons (Fsp3) is 0.167. The first-order chi connectivity index (χ1) is 8.59. The smallest absolute Gasteiger partial charge is 0.146 e. The summed E-state index contributed by atoms with van der Waals surface area (Å²) in [4.78, 5) is 4.56. The fourth-order valence-electron chi connectivity index (χ4n) is 2.08. The topological polar surface area (TPSA) is 61.7 Å². The molecule has 0 radical (unpaired) electrons. The zero-order chi connectivity index (χ0) is 12.9. The molecule has 92 valence electrons. The van der Waals surface area contributed by atoms with Crippen molar-refractivity contribution in [2.75, 3.05) is 5.73 Å². The minimum atomic E-state index is 0.588. The van der Waals surface area contributed by atoms with Gasteiger partial charge in [-0.2, -0.15) is 5.10 Å². The first kappa shape index (κ1) is 11.1. The van der Waals surface area contributed by atoms with E-state index in [9.17, 15) is 0 Å². The van der Waals surface area contributed by atoms with Crippen LogP contribution < -0.4 is 5.73 Å². The van der Waals surface area contributed by atoms with E-state index in [0.717, 1.165) is 22.4 Å². The molecule has 0 atom stereocenters. The van der Waals surface area contributed by atoms with E-state index in [1.165, 1.54) is 0 Å². The number of nitrogens with zero attached hydrogens (tertiary/aromatic N) is 4. The number of benzene rings is 1. The van der Waals surface area contributed by atoms with Gasteiger partial charge in [-0.3, -0.25) is 4.68 Å². The molecule has 2 heterocycles. The normalized spacial score (nSPS) is 11.3. The zero-order valence-corrected chi connectivity index (χ0v) is 10.8. The van der Waals surface area contributed by atoms with E-state index < -0.39 is 0 Å². The van der Waals surface area contributed by atoms with Gasteiger partial charge in [0.15, 0.2) is 0 Å². The van der Waals surface area contributed by atoms with Crippen LogP contribution in [-0.2, 0) is 14.1 Å². The van der Waals surface area contributed by atoms with Gasteiger partial charge in [-0.15, -0.1) is 0 Å². The van der Waals surface area contributed by atoms with Crippen LogP contribution in [0.25, 0.3) is 22.4 Å². The average Bonchev–Trinajstić information content (AvgIpc) is 2.83. The van der Waals surface area contributed by atoms with E-state index in [1.807, 2.05) is 29.8 Å².